The van der Waals surface area contributed by atoms with Crippen molar-refractivity contribution in [2.75, 3.05) is 13.1 Å². The lowest BCUT2D eigenvalue weighted by Gasteiger charge is -2.41. The van der Waals surface area contributed by atoms with Gasteiger partial charge in [0, 0.05) is 6.54 Å². The van der Waals surface area contributed by atoms with Crippen LogP contribution >= 0.6 is 0 Å². The molecular formula is C16H30N2O2. The Kier molecular flexibility index (Phi) is 7.03. The summed E-state index contributed by atoms with van der Waals surface area (Å²) >= 11 is 0. The summed E-state index contributed by atoms with van der Waals surface area (Å²) < 4.78 is 0. The number of piperazine rings is 1. The van der Waals surface area contributed by atoms with Crippen LogP contribution in [0.1, 0.15) is 72.1 Å². The molecule has 0 aromatic carbocycles. The summed E-state index contributed by atoms with van der Waals surface area (Å²) in [5.74, 6) is 0.0925. The second-order valence-electron chi connectivity index (χ2n) is 5.83. The first kappa shape index (κ1) is 17.0. The molecule has 1 aliphatic heterocycles. The average molecular weight is 282 g/mol. The van der Waals surface area contributed by atoms with Crippen LogP contribution < -0.4 is 5.32 Å². The van der Waals surface area contributed by atoms with Crippen molar-refractivity contribution in [2.45, 2.75) is 77.7 Å². The number of nitrogens with one attached hydrogen (secondary N) is 1. The molecule has 0 aliphatic carbocycles. The van der Waals surface area contributed by atoms with Gasteiger partial charge in [0.1, 0.15) is 5.54 Å². The summed E-state index contributed by atoms with van der Waals surface area (Å²) in [4.78, 5) is 26.1. The van der Waals surface area contributed by atoms with Gasteiger partial charge in [-0.3, -0.25) is 9.59 Å². The van der Waals surface area contributed by atoms with Gasteiger partial charge in [0.25, 0.3) is 0 Å². The minimum Gasteiger partial charge on any atom is -0.340 e. The largest absolute Gasteiger partial charge is 0.340 e. The molecule has 1 N–H and O–H groups in total. The predicted molar refractivity (Wildman–Crippen MR) is 81.4 cm³/mol. The Morgan fingerprint density at radius 2 is 1.60 bits per heavy atom. The maximum atomic E-state index is 12.5. The lowest BCUT2D eigenvalue weighted by molar-refractivity contribution is -0.150. The summed E-state index contributed by atoms with van der Waals surface area (Å²) in [7, 11) is 0. The number of hydrogen-bond donors (Lipinski definition) is 1. The molecule has 0 aromatic heterocycles. The average Bonchev–Trinajstić information content (AvgIpc) is 2.45. The van der Waals surface area contributed by atoms with Crippen LogP contribution in [0.15, 0.2) is 0 Å². The van der Waals surface area contributed by atoms with Crippen molar-refractivity contribution >= 4 is 11.8 Å². The molecule has 116 valence electrons. The predicted octanol–water partition coefficient (Wildman–Crippen LogP) is 2.86. The highest BCUT2D eigenvalue weighted by atomic mass is 16.2. The SMILES string of the molecule is CCCCCCCCN1CC(=O)NC(CC)(CC)C1=O. The van der Waals surface area contributed by atoms with Gasteiger partial charge in [0.15, 0.2) is 0 Å². The molecule has 4 nitrogen and oxygen atoms in total. The summed E-state index contributed by atoms with van der Waals surface area (Å²) in [5, 5.41) is 2.90. The number of nitrogens with zero attached hydrogens (tertiary/aromatic N) is 1. The highest BCUT2D eigenvalue weighted by Gasteiger charge is 2.43. The van der Waals surface area contributed by atoms with Gasteiger partial charge in [-0.2, -0.15) is 0 Å². The zero-order valence-corrected chi connectivity index (χ0v) is 13.3. The monoisotopic (exact) mass is 282 g/mol. The third kappa shape index (κ3) is 4.22. The molecule has 20 heavy (non-hydrogen) atoms. The fourth-order valence-electron chi connectivity index (χ4n) is 2.90. The molecule has 0 saturated carbocycles. The van der Waals surface area contributed by atoms with Crippen LogP contribution in [0.4, 0.5) is 0 Å². The maximum absolute atomic E-state index is 12.5. The first-order chi connectivity index (χ1) is 9.59. The third-order valence-electron chi connectivity index (χ3n) is 4.40. The summed E-state index contributed by atoms with van der Waals surface area (Å²) in [5.41, 5.74) is -0.655. The van der Waals surface area contributed by atoms with E-state index in [9.17, 15) is 9.59 Å². The second-order valence-corrected chi connectivity index (χ2v) is 5.83. The van der Waals surface area contributed by atoms with Gasteiger partial charge >= 0.3 is 0 Å². The van der Waals surface area contributed by atoms with E-state index < -0.39 is 5.54 Å². The highest BCUT2D eigenvalue weighted by Crippen LogP contribution is 2.22. The molecule has 1 aliphatic rings. The van der Waals surface area contributed by atoms with E-state index in [2.05, 4.69) is 12.2 Å². The standard InChI is InChI=1S/C16H30N2O2/c1-4-7-8-9-10-11-12-18-13-14(19)17-16(5-2,6-3)15(18)20/h4-13H2,1-3H3,(H,17,19). The number of unbranched alkanes of at least 4 members (excludes halogenated alkanes) is 5. The molecule has 1 rings (SSSR count). The molecule has 1 fully saturated rings. The number of hydrogen-bond acceptors (Lipinski definition) is 2. The number of carbonyl (C=O) groups is 2. The van der Waals surface area contributed by atoms with Crippen molar-refractivity contribution < 1.29 is 9.59 Å². The Balaban J connectivity index is 2.44. The van der Waals surface area contributed by atoms with Crippen LogP contribution in [0.5, 0.6) is 0 Å². The van der Waals surface area contributed by atoms with Gasteiger partial charge < -0.3 is 10.2 Å². The lowest BCUT2D eigenvalue weighted by atomic mass is 9.89. The van der Waals surface area contributed by atoms with Crippen molar-refractivity contribution in [2.24, 2.45) is 0 Å². The zero-order chi connectivity index (χ0) is 15.0. The molecule has 0 bridgehead atoms. The van der Waals surface area contributed by atoms with Crippen LogP contribution in [-0.4, -0.2) is 35.3 Å². The molecule has 1 saturated heterocycles. The normalized spacial score (nSPS) is 18.2. The lowest BCUT2D eigenvalue weighted by Crippen LogP contribution is -2.66. The second kappa shape index (κ2) is 8.28. The molecule has 2 amide bonds. The minimum absolute atomic E-state index is 0.0146. The fourth-order valence-corrected chi connectivity index (χ4v) is 2.90. The quantitative estimate of drug-likeness (QED) is 0.661. The van der Waals surface area contributed by atoms with E-state index in [4.69, 9.17) is 0 Å². The molecule has 0 spiro atoms. The van der Waals surface area contributed by atoms with Gasteiger partial charge in [-0.25, -0.2) is 0 Å². The van der Waals surface area contributed by atoms with E-state index in [0.717, 1.165) is 19.4 Å². The van der Waals surface area contributed by atoms with Crippen LogP contribution in [0, 0.1) is 0 Å². The van der Waals surface area contributed by atoms with Gasteiger partial charge in [-0.1, -0.05) is 52.9 Å². The summed E-state index contributed by atoms with van der Waals surface area (Å²) in [6, 6.07) is 0. The van der Waals surface area contributed by atoms with E-state index in [-0.39, 0.29) is 18.4 Å². The molecule has 0 radical (unpaired) electrons. The molecule has 0 unspecified atom stereocenters. The Labute approximate surface area is 123 Å². The van der Waals surface area contributed by atoms with E-state index in [1.165, 1.54) is 25.7 Å². The van der Waals surface area contributed by atoms with Gasteiger partial charge in [-0.05, 0) is 19.3 Å². The topological polar surface area (TPSA) is 49.4 Å². The number of amides is 2. The zero-order valence-electron chi connectivity index (χ0n) is 13.3. The van der Waals surface area contributed by atoms with Gasteiger partial charge in [0.2, 0.25) is 11.8 Å². The first-order valence-electron chi connectivity index (χ1n) is 8.20. The van der Waals surface area contributed by atoms with E-state index in [1.54, 1.807) is 4.90 Å². The summed E-state index contributed by atoms with van der Waals surface area (Å²) in [6.07, 6.45) is 8.54. The number of carbonyl (C=O) groups excluding carboxylic acids is 2. The molecule has 4 heteroatoms. The van der Waals surface area contributed by atoms with Crippen LogP contribution in [-0.2, 0) is 9.59 Å². The first-order valence-corrected chi connectivity index (χ1v) is 8.20. The Bertz CT molecular complexity index is 324. The molecule has 1 heterocycles. The van der Waals surface area contributed by atoms with Gasteiger partial charge in [-0.15, -0.1) is 0 Å². The van der Waals surface area contributed by atoms with E-state index >= 15 is 0 Å². The molecular weight excluding hydrogens is 252 g/mol. The van der Waals surface area contributed by atoms with Crippen molar-refractivity contribution in [3.8, 4) is 0 Å². The highest BCUT2D eigenvalue weighted by molar-refractivity contribution is 5.97. The molecule has 0 aromatic rings. The third-order valence-corrected chi connectivity index (χ3v) is 4.40. The van der Waals surface area contributed by atoms with Crippen LogP contribution in [0.3, 0.4) is 0 Å². The Hall–Kier alpha value is -1.06. The van der Waals surface area contributed by atoms with Crippen molar-refractivity contribution in [1.29, 1.82) is 0 Å². The smallest absolute Gasteiger partial charge is 0.248 e. The van der Waals surface area contributed by atoms with Crippen molar-refractivity contribution in [3.63, 3.8) is 0 Å². The van der Waals surface area contributed by atoms with E-state index in [0.29, 0.717) is 12.8 Å². The van der Waals surface area contributed by atoms with Crippen LogP contribution in [0.2, 0.25) is 0 Å². The molecule has 0 atom stereocenters. The van der Waals surface area contributed by atoms with Crippen molar-refractivity contribution in [3.05, 3.63) is 0 Å². The van der Waals surface area contributed by atoms with Crippen LogP contribution in [0.25, 0.3) is 0 Å². The minimum atomic E-state index is -0.655. The Morgan fingerprint density at radius 1 is 1.00 bits per heavy atom. The number of rotatable bonds is 9. The maximum Gasteiger partial charge on any atom is 0.248 e. The van der Waals surface area contributed by atoms with Crippen molar-refractivity contribution in [1.82, 2.24) is 10.2 Å². The van der Waals surface area contributed by atoms with Gasteiger partial charge in [0.05, 0.1) is 6.54 Å². The van der Waals surface area contributed by atoms with E-state index in [1.807, 2.05) is 13.8 Å². The summed E-state index contributed by atoms with van der Waals surface area (Å²) in [6.45, 7) is 7.10. The Morgan fingerprint density at radius 3 is 2.20 bits per heavy atom. The fraction of sp³-hybridized carbons (Fsp3) is 0.875.